The maximum absolute atomic E-state index is 13.4. The first-order valence-electron chi connectivity index (χ1n) is 11.1. The number of carbonyl (C=O) groups excluding carboxylic acids is 1. The van der Waals surface area contributed by atoms with Crippen LogP contribution in [0.5, 0.6) is 0 Å². The van der Waals surface area contributed by atoms with Crippen LogP contribution in [0, 0.1) is 12.8 Å². The average Bonchev–Trinajstić information content (AvgIpc) is 3.63. The second kappa shape index (κ2) is 9.10. The van der Waals surface area contributed by atoms with Crippen LogP contribution in [0.1, 0.15) is 42.4 Å². The van der Waals surface area contributed by atoms with Gasteiger partial charge in [0.1, 0.15) is 0 Å². The smallest absolute Gasteiger partial charge is 0.335 e. The standard InChI is InChI=1S/C24H27F3N2O3S/c1-17-6-8-18(9-7-17)16-29(20-10-11-20)23(30)19-12-14-28(15-13-19)33(31,32)22-5-3-2-4-21(22)24(25,26)27/h2-9,19-20H,10-16H2,1H3. The summed E-state index contributed by atoms with van der Waals surface area (Å²) in [6.45, 7) is 2.56. The summed E-state index contributed by atoms with van der Waals surface area (Å²) in [4.78, 5) is 14.4. The molecule has 0 bridgehead atoms. The van der Waals surface area contributed by atoms with Crippen molar-refractivity contribution in [2.45, 2.75) is 56.3 Å². The van der Waals surface area contributed by atoms with E-state index in [2.05, 4.69) is 0 Å². The number of aryl methyl sites for hydroxylation is 1. The molecular formula is C24H27F3N2O3S. The number of amides is 1. The van der Waals surface area contributed by atoms with Crippen molar-refractivity contribution >= 4 is 15.9 Å². The lowest BCUT2D eigenvalue weighted by Gasteiger charge is -2.34. The van der Waals surface area contributed by atoms with Gasteiger partial charge in [-0.1, -0.05) is 42.0 Å². The molecule has 2 aromatic carbocycles. The topological polar surface area (TPSA) is 57.7 Å². The Morgan fingerprint density at radius 2 is 1.61 bits per heavy atom. The van der Waals surface area contributed by atoms with Crippen LogP contribution in [-0.4, -0.2) is 42.7 Å². The van der Waals surface area contributed by atoms with Crippen LogP contribution in [0.15, 0.2) is 53.4 Å². The summed E-state index contributed by atoms with van der Waals surface area (Å²) in [7, 11) is -4.31. The molecular weight excluding hydrogens is 453 g/mol. The third kappa shape index (κ3) is 5.24. The second-order valence-corrected chi connectivity index (χ2v) is 10.8. The van der Waals surface area contributed by atoms with E-state index in [1.54, 1.807) is 0 Å². The maximum atomic E-state index is 13.4. The number of carbonyl (C=O) groups is 1. The van der Waals surface area contributed by atoms with E-state index in [4.69, 9.17) is 0 Å². The molecule has 2 aromatic rings. The first kappa shape index (κ1) is 23.8. The Labute approximate surface area is 192 Å². The monoisotopic (exact) mass is 480 g/mol. The lowest BCUT2D eigenvalue weighted by molar-refractivity contribution is -0.140. The molecule has 33 heavy (non-hydrogen) atoms. The minimum atomic E-state index is -4.77. The molecule has 1 saturated carbocycles. The molecule has 4 rings (SSSR count). The third-order valence-electron chi connectivity index (χ3n) is 6.36. The van der Waals surface area contributed by atoms with Crippen LogP contribution in [0.4, 0.5) is 13.2 Å². The zero-order valence-electron chi connectivity index (χ0n) is 18.4. The zero-order chi connectivity index (χ0) is 23.8. The van der Waals surface area contributed by atoms with Crippen molar-refractivity contribution in [1.82, 2.24) is 9.21 Å². The Morgan fingerprint density at radius 1 is 1.00 bits per heavy atom. The van der Waals surface area contributed by atoms with E-state index in [0.717, 1.165) is 40.4 Å². The van der Waals surface area contributed by atoms with Gasteiger partial charge >= 0.3 is 6.18 Å². The van der Waals surface area contributed by atoms with E-state index in [0.29, 0.717) is 19.4 Å². The van der Waals surface area contributed by atoms with Gasteiger partial charge in [0.15, 0.2) is 0 Å². The lowest BCUT2D eigenvalue weighted by Crippen LogP contribution is -2.45. The number of alkyl halides is 3. The van der Waals surface area contributed by atoms with Crippen molar-refractivity contribution in [3.8, 4) is 0 Å². The summed E-state index contributed by atoms with van der Waals surface area (Å²) in [6.07, 6.45) is -2.26. The zero-order valence-corrected chi connectivity index (χ0v) is 19.2. The molecule has 1 aliphatic carbocycles. The first-order chi connectivity index (χ1) is 15.6. The van der Waals surface area contributed by atoms with Crippen molar-refractivity contribution in [1.29, 1.82) is 0 Å². The fourth-order valence-electron chi connectivity index (χ4n) is 4.31. The maximum Gasteiger partial charge on any atom is 0.417 e. The fourth-order valence-corrected chi connectivity index (χ4v) is 5.99. The van der Waals surface area contributed by atoms with Gasteiger partial charge in [0, 0.05) is 31.6 Å². The summed E-state index contributed by atoms with van der Waals surface area (Å²) >= 11 is 0. The van der Waals surface area contributed by atoms with E-state index in [1.165, 1.54) is 12.1 Å². The van der Waals surface area contributed by atoms with E-state index in [1.807, 2.05) is 36.1 Å². The van der Waals surface area contributed by atoms with E-state index in [9.17, 15) is 26.4 Å². The number of halogens is 3. The minimum absolute atomic E-state index is 0.00538. The van der Waals surface area contributed by atoms with Gasteiger partial charge in [0.05, 0.1) is 10.5 Å². The molecule has 0 atom stereocenters. The van der Waals surface area contributed by atoms with Gasteiger partial charge in [-0.05, 0) is 50.3 Å². The molecule has 2 fully saturated rings. The number of sulfonamides is 1. The number of hydrogen-bond donors (Lipinski definition) is 0. The molecule has 1 aliphatic heterocycles. The van der Waals surface area contributed by atoms with E-state index >= 15 is 0 Å². The molecule has 1 saturated heterocycles. The Morgan fingerprint density at radius 3 is 2.18 bits per heavy atom. The Bertz CT molecular complexity index is 1100. The molecule has 2 aliphatic rings. The largest absolute Gasteiger partial charge is 0.417 e. The molecule has 1 heterocycles. The molecule has 178 valence electrons. The van der Waals surface area contributed by atoms with Crippen LogP contribution in [0.25, 0.3) is 0 Å². The molecule has 1 amide bonds. The molecule has 0 unspecified atom stereocenters. The molecule has 9 heteroatoms. The van der Waals surface area contributed by atoms with Gasteiger partial charge in [0.25, 0.3) is 0 Å². The highest BCUT2D eigenvalue weighted by atomic mass is 32.2. The lowest BCUT2D eigenvalue weighted by atomic mass is 9.96. The summed E-state index contributed by atoms with van der Waals surface area (Å²) in [5.74, 6) is -0.328. The van der Waals surface area contributed by atoms with Gasteiger partial charge in [0.2, 0.25) is 15.9 Å². The number of nitrogens with zero attached hydrogens (tertiary/aromatic N) is 2. The quantitative estimate of drug-likeness (QED) is 0.607. The summed E-state index contributed by atoms with van der Waals surface area (Å²) < 4.78 is 67.1. The predicted molar refractivity (Wildman–Crippen MR) is 118 cm³/mol. The predicted octanol–water partition coefficient (Wildman–Crippen LogP) is 4.61. The van der Waals surface area contributed by atoms with Crippen molar-refractivity contribution in [2.75, 3.05) is 13.1 Å². The van der Waals surface area contributed by atoms with E-state index in [-0.39, 0.29) is 31.0 Å². The van der Waals surface area contributed by atoms with Crippen molar-refractivity contribution in [2.24, 2.45) is 5.92 Å². The van der Waals surface area contributed by atoms with Crippen LogP contribution >= 0.6 is 0 Å². The SMILES string of the molecule is Cc1ccc(CN(C(=O)C2CCN(S(=O)(=O)c3ccccc3C(F)(F)F)CC2)C2CC2)cc1. The minimum Gasteiger partial charge on any atom is -0.335 e. The van der Waals surface area contributed by atoms with Gasteiger partial charge in [-0.2, -0.15) is 17.5 Å². The number of piperidine rings is 1. The molecule has 0 aromatic heterocycles. The highest BCUT2D eigenvalue weighted by Crippen LogP contribution is 2.37. The number of hydrogen-bond acceptors (Lipinski definition) is 3. The van der Waals surface area contributed by atoms with Gasteiger partial charge in [-0.25, -0.2) is 8.42 Å². The fraction of sp³-hybridized carbons (Fsp3) is 0.458. The average molecular weight is 481 g/mol. The molecule has 0 spiro atoms. The van der Waals surface area contributed by atoms with E-state index < -0.39 is 26.7 Å². The highest BCUT2D eigenvalue weighted by Gasteiger charge is 2.41. The van der Waals surface area contributed by atoms with Crippen LogP contribution in [-0.2, 0) is 27.5 Å². The normalized spacial score (nSPS) is 18.3. The van der Waals surface area contributed by atoms with Gasteiger partial charge in [-0.15, -0.1) is 0 Å². The molecule has 0 radical (unpaired) electrons. The van der Waals surface area contributed by atoms with Crippen molar-refractivity contribution < 1.29 is 26.4 Å². The van der Waals surface area contributed by atoms with Crippen molar-refractivity contribution in [3.63, 3.8) is 0 Å². The van der Waals surface area contributed by atoms with Crippen LogP contribution in [0.2, 0.25) is 0 Å². The van der Waals surface area contributed by atoms with Crippen molar-refractivity contribution in [3.05, 3.63) is 65.2 Å². The first-order valence-corrected chi connectivity index (χ1v) is 12.5. The Hall–Kier alpha value is -2.39. The second-order valence-electron chi connectivity index (χ2n) is 8.86. The number of rotatable bonds is 6. The molecule has 5 nitrogen and oxygen atoms in total. The van der Waals surface area contributed by atoms with Gasteiger partial charge in [-0.3, -0.25) is 4.79 Å². The Kier molecular flexibility index (Phi) is 6.55. The summed E-state index contributed by atoms with van der Waals surface area (Å²) in [6, 6.07) is 12.5. The summed E-state index contributed by atoms with van der Waals surface area (Å²) in [5.41, 5.74) is 1.02. The van der Waals surface area contributed by atoms with Crippen LogP contribution < -0.4 is 0 Å². The number of benzene rings is 2. The van der Waals surface area contributed by atoms with Gasteiger partial charge < -0.3 is 4.90 Å². The summed E-state index contributed by atoms with van der Waals surface area (Å²) in [5, 5.41) is 0. The Balaban J connectivity index is 1.45. The molecule has 0 N–H and O–H groups in total. The highest BCUT2D eigenvalue weighted by molar-refractivity contribution is 7.89. The van der Waals surface area contributed by atoms with Crippen LogP contribution in [0.3, 0.4) is 0 Å². The third-order valence-corrected chi connectivity index (χ3v) is 8.31.